The zero-order chi connectivity index (χ0) is 20.9. The minimum absolute atomic E-state index is 0.117. The maximum absolute atomic E-state index is 12.2. The Morgan fingerprint density at radius 1 is 1.24 bits per heavy atom. The van der Waals surface area contributed by atoms with Gasteiger partial charge in [0.15, 0.2) is 11.5 Å². The van der Waals surface area contributed by atoms with E-state index in [-0.39, 0.29) is 22.3 Å². The Labute approximate surface area is 167 Å². The highest BCUT2D eigenvalue weighted by molar-refractivity contribution is 7.85. The fraction of sp³-hybridized carbons (Fsp3) is 0.158. The van der Waals surface area contributed by atoms with Gasteiger partial charge in [-0.05, 0) is 30.3 Å². The van der Waals surface area contributed by atoms with Gasteiger partial charge in [0.25, 0.3) is 16.0 Å². The van der Waals surface area contributed by atoms with Crippen molar-refractivity contribution in [3.05, 3.63) is 60.3 Å². The van der Waals surface area contributed by atoms with Crippen molar-refractivity contribution in [1.29, 1.82) is 5.26 Å². The molecular weight excluding hydrogens is 398 g/mol. The molecule has 2 aromatic carbocycles. The van der Waals surface area contributed by atoms with Crippen LogP contribution in [0.15, 0.2) is 65.2 Å². The number of nitrogens with one attached hydrogen (secondary N) is 2. The second kappa shape index (κ2) is 8.64. The van der Waals surface area contributed by atoms with E-state index in [2.05, 4.69) is 10.6 Å². The number of hydrogen-bond acceptors (Lipinski definition) is 7. The van der Waals surface area contributed by atoms with Crippen molar-refractivity contribution < 1.29 is 27.2 Å². The third kappa shape index (κ3) is 5.25. The van der Waals surface area contributed by atoms with Crippen molar-refractivity contribution in [2.45, 2.75) is 11.0 Å². The molecule has 0 aromatic heterocycles. The molecule has 150 valence electrons. The Hall–Kier alpha value is -3.55. The third-order valence-corrected chi connectivity index (χ3v) is 4.76. The molecule has 0 fully saturated rings. The van der Waals surface area contributed by atoms with Gasteiger partial charge in [-0.1, -0.05) is 18.2 Å². The van der Waals surface area contributed by atoms with E-state index in [9.17, 15) is 18.5 Å². The first-order valence-corrected chi connectivity index (χ1v) is 9.92. The average molecular weight is 415 g/mol. The number of para-hydroxylation sites is 2. The van der Waals surface area contributed by atoms with Crippen LogP contribution in [0.4, 0.5) is 5.69 Å². The maximum atomic E-state index is 12.2. The van der Waals surface area contributed by atoms with Crippen LogP contribution in [0.5, 0.6) is 11.5 Å². The first-order valence-electron chi connectivity index (χ1n) is 8.48. The van der Waals surface area contributed by atoms with Crippen molar-refractivity contribution in [3.8, 4) is 17.6 Å². The SMILES string of the molecule is N#C/C(=C/NCC1COc2ccccc2O1)C(=O)Nc1cccc(S(=O)(=O)O)c1. The van der Waals surface area contributed by atoms with Gasteiger partial charge >= 0.3 is 0 Å². The lowest BCUT2D eigenvalue weighted by molar-refractivity contribution is -0.112. The molecule has 29 heavy (non-hydrogen) atoms. The van der Waals surface area contributed by atoms with Crippen LogP contribution >= 0.6 is 0 Å². The number of benzene rings is 2. The van der Waals surface area contributed by atoms with Crippen molar-refractivity contribution in [2.75, 3.05) is 18.5 Å². The molecule has 2 aromatic rings. The molecule has 9 nitrogen and oxygen atoms in total. The number of nitriles is 1. The van der Waals surface area contributed by atoms with Gasteiger partial charge in [-0.2, -0.15) is 13.7 Å². The summed E-state index contributed by atoms with van der Waals surface area (Å²) in [6.45, 7) is 0.611. The van der Waals surface area contributed by atoms with E-state index in [1.165, 1.54) is 24.4 Å². The van der Waals surface area contributed by atoms with Crippen LogP contribution in [0.3, 0.4) is 0 Å². The summed E-state index contributed by atoms with van der Waals surface area (Å²) in [4.78, 5) is 11.9. The Kier molecular flexibility index (Phi) is 6.01. The lowest BCUT2D eigenvalue weighted by atomic mass is 10.2. The monoisotopic (exact) mass is 415 g/mol. The largest absolute Gasteiger partial charge is 0.486 e. The Morgan fingerprint density at radius 2 is 2.00 bits per heavy atom. The lowest BCUT2D eigenvalue weighted by Crippen LogP contribution is -2.37. The minimum atomic E-state index is -4.40. The summed E-state index contributed by atoms with van der Waals surface area (Å²) in [5.41, 5.74) is -0.105. The summed E-state index contributed by atoms with van der Waals surface area (Å²) in [6, 6.07) is 14.1. The number of amides is 1. The molecule has 0 spiro atoms. The zero-order valence-electron chi connectivity index (χ0n) is 15.0. The second-order valence-corrected chi connectivity index (χ2v) is 7.45. The number of nitrogens with zero attached hydrogens (tertiary/aromatic N) is 1. The van der Waals surface area contributed by atoms with Gasteiger partial charge < -0.3 is 20.1 Å². The van der Waals surface area contributed by atoms with Gasteiger partial charge in [0.2, 0.25) is 0 Å². The van der Waals surface area contributed by atoms with Gasteiger partial charge in [0, 0.05) is 11.9 Å². The van der Waals surface area contributed by atoms with Crippen LogP contribution in [0.1, 0.15) is 0 Å². The molecule has 1 aliphatic heterocycles. The highest BCUT2D eigenvalue weighted by Gasteiger charge is 2.20. The average Bonchev–Trinajstić information content (AvgIpc) is 2.70. The molecule has 0 bridgehead atoms. The van der Waals surface area contributed by atoms with Gasteiger partial charge in [0.05, 0.1) is 11.4 Å². The molecule has 1 unspecified atom stereocenters. The quantitative estimate of drug-likeness (QED) is 0.368. The van der Waals surface area contributed by atoms with E-state index in [0.29, 0.717) is 24.7 Å². The molecule has 3 N–H and O–H groups in total. The van der Waals surface area contributed by atoms with E-state index in [0.717, 1.165) is 6.07 Å². The van der Waals surface area contributed by atoms with E-state index >= 15 is 0 Å². The molecule has 1 amide bonds. The van der Waals surface area contributed by atoms with Crippen LogP contribution in [0, 0.1) is 11.3 Å². The number of carbonyl (C=O) groups excluding carboxylic acids is 1. The third-order valence-electron chi connectivity index (χ3n) is 3.91. The lowest BCUT2D eigenvalue weighted by Gasteiger charge is -2.26. The van der Waals surface area contributed by atoms with Crippen molar-refractivity contribution in [2.24, 2.45) is 0 Å². The molecule has 1 aliphatic rings. The topological polar surface area (TPSA) is 138 Å². The highest BCUT2D eigenvalue weighted by Crippen LogP contribution is 2.30. The predicted molar refractivity (Wildman–Crippen MR) is 103 cm³/mol. The Bertz CT molecular complexity index is 1090. The standard InChI is InChI=1S/C19H17N3O6S/c20-9-13(19(23)22-14-4-3-5-16(8-14)29(24,25)26)10-21-11-15-12-27-17-6-1-2-7-18(17)28-15/h1-8,10,15,21H,11-12H2,(H,22,23)(H,24,25,26)/b13-10-. The van der Waals surface area contributed by atoms with Gasteiger partial charge in [0.1, 0.15) is 24.4 Å². The molecule has 0 saturated heterocycles. The van der Waals surface area contributed by atoms with Gasteiger partial charge in [-0.15, -0.1) is 0 Å². The smallest absolute Gasteiger partial charge is 0.294 e. The molecule has 10 heteroatoms. The Balaban J connectivity index is 1.59. The van der Waals surface area contributed by atoms with Crippen LogP contribution in [-0.2, 0) is 14.9 Å². The van der Waals surface area contributed by atoms with Crippen LogP contribution in [-0.4, -0.2) is 38.1 Å². The van der Waals surface area contributed by atoms with E-state index in [1.807, 2.05) is 12.1 Å². The summed E-state index contributed by atoms with van der Waals surface area (Å²) in [5.74, 6) is 0.536. The summed E-state index contributed by atoms with van der Waals surface area (Å²) in [6.07, 6.45) is 0.932. The van der Waals surface area contributed by atoms with Crippen LogP contribution in [0.25, 0.3) is 0 Å². The molecule has 0 radical (unpaired) electrons. The van der Waals surface area contributed by atoms with E-state index in [4.69, 9.17) is 14.0 Å². The number of carbonyl (C=O) groups is 1. The zero-order valence-corrected chi connectivity index (χ0v) is 15.8. The van der Waals surface area contributed by atoms with E-state index in [1.54, 1.807) is 18.2 Å². The van der Waals surface area contributed by atoms with Crippen LogP contribution in [0.2, 0.25) is 0 Å². The number of ether oxygens (including phenoxy) is 2. The molecular formula is C19H17N3O6S. The van der Waals surface area contributed by atoms with Crippen molar-refractivity contribution in [3.63, 3.8) is 0 Å². The summed E-state index contributed by atoms with van der Waals surface area (Å²) in [7, 11) is -4.40. The van der Waals surface area contributed by atoms with Crippen molar-refractivity contribution in [1.82, 2.24) is 5.32 Å². The molecule has 0 saturated carbocycles. The number of hydrogen-bond donors (Lipinski definition) is 3. The maximum Gasteiger partial charge on any atom is 0.294 e. The van der Waals surface area contributed by atoms with Gasteiger partial charge in [-0.25, -0.2) is 0 Å². The fourth-order valence-electron chi connectivity index (χ4n) is 2.54. The molecule has 3 rings (SSSR count). The molecule has 1 heterocycles. The summed E-state index contributed by atoms with van der Waals surface area (Å²) >= 11 is 0. The molecule has 1 atom stereocenters. The number of fused-ring (bicyclic) bond motifs is 1. The molecule has 0 aliphatic carbocycles. The van der Waals surface area contributed by atoms with Crippen molar-refractivity contribution >= 4 is 21.7 Å². The second-order valence-electron chi connectivity index (χ2n) is 6.03. The summed E-state index contributed by atoms with van der Waals surface area (Å²) in [5, 5.41) is 14.5. The first-order chi connectivity index (χ1) is 13.9. The first kappa shape index (κ1) is 20.2. The Morgan fingerprint density at radius 3 is 2.72 bits per heavy atom. The van der Waals surface area contributed by atoms with Crippen LogP contribution < -0.4 is 20.1 Å². The fourth-order valence-corrected chi connectivity index (χ4v) is 3.06. The minimum Gasteiger partial charge on any atom is -0.486 e. The van der Waals surface area contributed by atoms with Gasteiger partial charge in [-0.3, -0.25) is 9.35 Å². The predicted octanol–water partition coefficient (Wildman–Crippen LogP) is 1.71. The highest BCUT2D eigenvalue weighted by atomic mass is 32.2. The number of anilines is 1. The normalized spacial score (nSPS) is 15.9. The number of rotatable bonds is 6. The van der Waals surface area contributed by atoms with E-state index < -0.39 is 16.0 Å². The summed E-state index contributed by atoms with van der Waals surface area (Å²) < 4.78 is 42.8.